The number of nitrogens with one attached hydrogen (secondary N) is 1. The van der Waals surface area contributed by atoms with E-state index in [4.69, 9.17) is 5.73 Å². The molecule has 0 fully saturated rings. The highest BCUT2D eigenvalue weighted by Crippen LogP contribution is 2.29. The molecule has 0 saturated heterocycles. The van der Waals surface area contributed by atoms with Gasteiger partial charge in [-0.2, -0.15) is 0 Å². The molecule has 6 nitrogen and oxygen atoms in total. The lowest BCUT2D eigenvalue weighted by Gasteiger charge is -2.19. The topological polar surface area (TPSA) is 87.8 Å². The molecule has 3 rings (SSSR count). The van der Waals surface area contributed by atoms with Gasteiger partial charge in [0, 0.05) is 12.2 Å². The number of sulfonamides is 1. The van der Waals surface area contributed by atoms with Crippen LogP contribution in [0, 0.1) is 13.8 Å². The van der Waals surface area contributed by atoms with Crippen molar-refractivity contribution >= 4 is 27.4 Å². The van der Waals surface area contributed by atoms with Crippen molar-refractivity contribution in [3.63, 3.8) is 0 Å². The number of anilines is 2. The van der Waals surface area contributed by atoms with Crippen LogP contribution in [0.1, 0.15) is 16.7 Å². The van der Waals surface area contributed by atoms with E-state index in [9.17, 15) is 8.42 Å². The maximum atomic E-state index is 12.6. The molecule has 0 spiro atoms. The highest BCUT2D eigenvalue weighted by molar-refractivity contribution is 7.92. The van der Waals surface area contributed by atoms with Crippen LogP contribution < -0.4 is 15.4 Å². The fourth-order valence-corrected chi connectivity index (χ4v) is 4.61. The van der Waals surface area contributed by atoms with Crippen LogP contribution >= 0.6 is 0 Å². The minimum absolute atomic E-state index is 0.0729. The first-order valence-corrected chi connectivity index (χ1v) is 10.2. The van der Waals surface area contributed by atoms with Gasteiger partial charge in [0.25, 0.3) is 0 Å². The van der Waals surface area contributed by atoms with E-state index in [1.807, 2.05) is 50.2 Å². The highest BCUT2D eigenvalue weighted by atomic mass is 32.2. The van der Waals surface area contributed by atoms with E-state index in [1.165, 1.54) is 4.31 Å². The molecule has 0 aliphatic carbocycles. The molecule has 0 radical (unpaired) electrons. The summed E-state index contributed by atoms with van der Waals surface area (Å²) >= 11 is 0. The smallest absolute Gasteiger partial charge is 0.237 e. The summed E-state index contributed by atoms with van der Waals surface area (Å²) in [5.41, 5.74) is 10.8. The maximum absolute atomic E-state index is 12.6. The Kier molecular flexibility index (Phi) is 5.18. The molecule has 7 heteroatoms. The number of aliphatic imine (C=N–C) groups is 1. The summed E-state index contributed by atoms with van der Waals surface area (Å²) in [4.78, 5) is 4.17. The summed E-state index contributed by atoms with van der Waals surface area (Å²) in [5, 5.41) is 3.01. The zero-order chi connectivity index (χ0) is 18.7. The molecule has 1 aliphatic rings. The van der Waals surface area contributed by atoms with Crippen molar-refractivity contribution in [1.82, 2.24) is 0 Å². The summed E-state index contributed by atoms with van der Waals surface area (Å²) in [6.45, 7) is 4.62. The molecule has 26 heavy (non-hydrogen) atoms. The van der Waals surface area contributed by atoms with Crippen LogP contribution in [-0.2, 0) is 16.4 Å². The molecule has 0 atom stereocenters. The van der Waals surface area contributed by atoms with E-state index in [1.54, 1.807) is 0 Å². The van der Waals surface area contributed by atoms with E-state index < -0.39 is 10.0 Å². The number of hydrogen-bond donors (Lipinski definition) is 2. The van der Waals surface area contributed by atoms with Crippen molar-refractivity contribution in [1.29, 1.82) is 0 Å². The van der Waals surface area contributed by atoms with Gasteiger partial charge in [-0.1, -0.05) is 24.3 Å². The van der Waals surface area contributed by atoms with Gasteiger partial charge >= 0.3 is 0 Å². The highest BCUT2D eigenvalue weighted by Gasteiger charge is 2.28. The fourth-order valence-electron chi connectivity index (χ4n) is 3.22. The third kappa shape index (κ3) is 4.16. The second-order valence-electron chi connectivity index (χ2n) is 6.54. The number of nitrogens with two attached hydrogens (primary N) is 1. The van der Waals surface area contributed by atoms with Crippen LogP contribution in [0.3, 0.4) is 0 Å². The standard InChI is InChI=1S/C19H24N4O2S/c1-14-11-15(2)13-17(12-14)22-19(20)21-8-10-26(24,25)23-9-7-16-5-3-4-6-18(16)23/h3-6,11-13H,7-10H2,1-2H3,(H3,20,21,22). The molecule has 1 heterocycles. The molecule has 1 aliphatic heterocycles. The lowest BCUT2D eigenvalue weighted by Crippen LogP contribution is -2.33. The van der Waals surface area contributed by atoms with Crippen LogP contribution in [-0.4, -0.2) is 33.2 Å². The number of benzene rings is 2. The van der Waals surface area contributed by atoms with Crippen molar-refractivity contribution in [3.05, 3.63) is 59.2 Å². The lowest BCUT2D eigenvalue weighted by atomic mass is 10.1. The number of nitrogens with zero attached hydrogens (tertiary/aromatic N) is 2. The Bertz CT molecular complexity index is 918. The van der Waals surface area contributed by atoms with Crippen LogP contribution in [0.25, 0.3) is 0 Å². The molecular weight excluding hydrogens is 348 g/mol. The number of rotatable bonds is 5. The maximum Gasteiger partial charge on any atom is 0.237 e. The van der Waals surface area contributed by atoms with Crippen molar-refractivity contribution in [2.75, 3.05) is 28.5 Å². The minimum Gasteiger partial charge on any atom is -0.370 e. The summed E-state index contributed by atoms with van der Waals surface area (Å²) in [7, 11) is -3.41. The summed E-state index contributed by atoms with van der Waals surface area (Å²) in [6.07, 6.45) is 0.745. The summed E-state index contributed by atoms with van der Waals surface area (Å²) in [6, 6.07) is 13.6. The van der Waals surface area contributed by atoms with Crippen molar-refractivity contribution in [2.45, 2.75) is 20.3 Å². The number of aryl methyl sites for hydroxylation is 2. The predicted octanol–water partition coefficient (Wildman–Crippen LogP) is 2.42. The first-order chi connectivity index (χ1) is 12.3. The number of hydrogen-bond acceptors (Lipinski definition) is 3. The van der Waals surface area contributed by atoms with Gasteiger partial charge in [0.05, 0.1) is 18.0 Å². The Balaban J connectivity index is 1.62. The number of guanidine groups is 1. The average Bonchev–Trinajstić information content (AvgIpc) is 2.98. The van der Waals surface area contributed by atoms with E-state index in [0.717, 1.165) is 34.5 Å². The molecule has 2 aromatic carbocycles. The van der Waals surface area contributed by atoms with E-state index in [-0.39, 0.29) is 18.3 Å². The second-order valence-corrected chi connectivity index (χ2v) is 8.55. The average molecular weight is 372 g/mol. The van der Waals surface area contributed by atoms with E-state index in [0.29, 0.717) is 6.54 Å². The summed E-state index contributed by atoms with van der Waals surface area (Å²) < 4.78 is 26.7. The first kappa shape index (κ1) is 18.3. The van der Waals surface area contributed by atoms with Gasteiger partial charge in [0.1, 0.15) is 0 Å². The quantitative estimate of drug-likeness (QED) is 0.623. The molecular formula is C19H24N4O2S. The molecule has 0 bridgehead atoms. The Labute approximate surface area is 154 Å². The van der Waals surface area contributed by atoms with Gasteiger partial charge < -0.3 is 11.1 Å². The van der Waals surface area contributed by atoms with E-state index >= 15 is 0 Å². The zero-order valence-corrected chi connectivity index (χ0v) is 15.9. The largest absolute Gasteiger partial charge is 0.370 e. The number of para-hydroxylation sites is 1. The van der Waals surface area contributed by atoms with Gasteiger partial charge in [0.2, 0.25) is 10.0 Å². The molecule has 0 saturated carbocycles. The molecule has 2 aromatic rings. The lowest BCUT2D eigenvalue weighted by molar-refractivity contribution is 0.592. The van der Waals surface area contributed by atoms with E-state index in [2.05, 4.69) is 16.4 Å². The van der Waals surface area contributed by atoms with Crippen molar-refractivity contribution < 1.29 is 8.42 Å². The molecule has 0 unspecified atom stereocenters. The molecule has 0 amide bonds. The van der Waals surface area contributed by atoms with Crippen LogP contribution in [0.5, 0.6) is 0 Å². The third-order valence-corrected chi connectivity index (χ3v) is 6.06. The summed E-state index contributed by atoms with van der Waals surface area (Å²) in [5.74, 6) is 0.142. The minimum atomic E-state index is -3.41. The van der Waals surface area contributed by atoms with Crippen LogP contribution in [0.4, 0.5) is 11.4 Å². The monoisotopic (exact) mass is 372 g/mol. The Morgan fingerprint density at radius 1 is 1.19 bits per heavy atom. The van der Waals surface area contributed by atoms with Crippen LogP contribution in [0.2, 0.25) is 0 Å². The normalized spacial score (nSPS) is 14.4. The first-order valence-electron chi connectivity index (χ1n) is 8.59. The Morgan fingerprint density at radius 2 is 1.88 bits per heavy atom. The zero-order valence-electron chi connectivity index (χ0n) is 15.1. The fraction of sp³-hybridized carbons (Fsp3) is 0.316. The Hall–Kier alpha value is -2.54. The van der Waals surface area contributed by atoms with Crippen molar-refractivity contribution in [2.24, 2.45) is 10.7 Å². The molecule has 3 N–H and O–H groups in total. The predicted molar refractivity (Wildman–Crippen MR) is 107 cm³/mol. The van der Waals surface area contributed by atoms with Gasteiger partial charge in [-0.15, -0.1) is 0 Å². The van der Waals surface area contributed by atoms with Gasteiger partial charge in [-0.05, 0) is 55.2 Å². The molecule has 138 valence electrons. The van der Waals surface area contributed by atoms with Gasteiger partial charge in [-0.25, -0.2) is 8.42 Å². The van der Waals surface area contributed by atoms with Gasteiger partial charge in [0.15, 0.2) is 5.96 Å². The molecule has 0 aromatic heterocycles. The SMILES string of the molecule is Cc1cc(C)cc(NC(N)=NCCS(=O)(=O)N2CCc3ccccc32)c1. The third-order valence-electron chi connectivity index (χ3n) is 4.31. The van der Waals surface area contributed by atoms with Gasteiger partial charge in [-0.3, -0.25) is 9.30 Å². The number of fused-ring (bicyclic) bond motifs is 1. The second kappa shape index (κ2) is 7.37. The van der Waals surface area contributed by atoms with Crippen molar-refractivity contribution in [3.8, 4) is 0 Å². The van der Waals surface area contributed by atoms with Crippen LogP contribution in [0.15, 0.2) is 47.5 Å². The Morgan fingerprint density at radius 3 is 2.62 bits per heavy atom.